The molecule has 2 aromatic heterocycles. The molecule has 1 aromatic carbocycles. The van der Waals surface area contributed by atoms with Crippen LogP contribution in [-0.4, -0.2) is 81.6 Å². The highest BCUT2D eigenvalue weighted by atomic mass is 35.5. The first-order chi connectivity index (χ1) is 19.3. The van der Waals surface area contributed by atoms with E-state index < -0.39 is 5.97 Å². The lowest BCUT2D eigenvalue weighted by atomic mass is 10.1. The number of rotatable bonds is 10. The molecule has 9 nitrogen and oxygen atoms in total. The molecule has 1 atom stereocenters. The van der Waals surface area contributed by atoms with Crippen LogP contribution in [0.3, 0.4) is 0 Å². The number of hydrogen-bond donors (Lipinski definition) is 1. The van der Waals surface area contributed by atoms with Gasteiger partial charge < -0.3 is 14.7 Å². The van der Waals surface area contributed by atoms with Crippen LogP contribution in [0.1, 0.15) is 31.7 Å². The van der Waals surface area contributed by atoms with Gasteiger partial charge in [-0.25, -0.2) is 15.0 Å². The first-order valence-electron chi connectivity index (χ1n) is 13.7. The maximum atomic E-state index is 11.1. The van der Waals surface area contributed by atoms with Gasteiger partial charge in [0.2, 0.25) is 11.8 Å². The molecule has 4 heterocycles. The number of ether oxygens (including phenoxy) is 1. The van der Waals surface area contributed by atoms with E-state index in [1.54, 1.807) is 25.4 Å². The molecule has 0 spiro atoms. The van der Waals surface area contributed by atoms with Crippen molar-refractivity contribution in [1.29, 1.82) is 0 Å². The standard InChI is InChI=1S/C29H34Cl2N6O3/c1-20(28(38)39)4-7-35-8-10-37(11-9-35)29-32-17-25(18-33-29)40-27-13-21(19-36-5-2-3-6-36)12-26(34-27)22-14-23(30)16-24(31)15-22/h12-18,20H,2-11,19H2,1H3,(H,38,39). The van der Waals surface area contributed by atoms with E-state index in [9.17, 15) is 4.79 Å². The number of hydrogen-bond acceptors (Lipinski definition) is 8. The van der Waals surface area contributed by atoms with Crippen molar-refractivity contribution in [3.8, 4) is 22.9 Å². The summed E-state index contributed by atoms with van der Waals surface area (Å²) < 4.78 is 6.14. The fraction of sp³-hybridized carbons (Fsp3) is 0.448. The highest BCUT2D eigenvalue weighted by Crippen LogP contribution is 2.30. The molecule has 5 rings (SSSR count). The van der Waals surface area contributed by atoms with E-state index in [1.165, 1.54) is 12.8 Å². The van der Waals surface area contributed by atoms with Gasteiger partial charge >= 0.3 is 5.97 Å². The second-order valence-corrected chi connectivity index (χ2v) is 11.4. The summed E-state index contributed by atoms with van der Waals surface area (Å²) in [7, 11) is 0. The molecule has 1 N–H and O–H groups in total. The Hall–Kier alpha value is -2.98. The minimum atomic E-state index is -0.743. The number of aromatic nitrogens is 3. The Kier molecular flexibility index (Phi) is 9.36. The van der Waals surface area contributed by atoms with E-state index in [2.05, 4.69) is 30.7 Å². The Bertz CT molecular complexity index is 1290. The second-order valence-electron chi connectivity index (χ2n) is 10.5. The van der Waals surface area contributed by atoms with Gasteiger partial charge in [-0.05, 0) is 68.7 Å². The molecule has 3 aromatic rings. The summed E-state index contributed by atoms with van der Waals surface area (Å²) in [5.41, 5.74) is 2.67. The molecule has 11 heteroatoms. The number of carboxylic acids is 1. The summed E-state index contributed by atoms with van der Waals surface area (Å²) >= 11 is 12.6. The molecule has 0 amide bonds. The maximum Gasteiger partial charge on any atom is 0.306 e. The molecule has 2 fully saturated rings. The van der Waals surface area contributed by atoms with Crippen LogP contribution in [0.25, 0.3) is 11.3 Å². The zero-order valence-electron chi connectivity index (χ0n) is 22.6. The van der Waals surface area contributed by atoms with Gasteiger partial charge in [0.25, 0.3) is 0 Å². The molecule has 0 bridgehead atoms. The fourth-order valence-electron chi connectivity index (χ4n) is 5.07. The summed E-state index contributed by atoms with van der Waals surface area (Å²) in [5.74, 6) is 0.543. The lowest BCUT2D eigenvalue weighted by Gasteiger charge is -2.34. The normalized spacial score (nSPS) is 17.2. The highest BCUT2D eigenvalue weighted by Gasteiger charge is 2.21. The molecule has 40 heavy (non-hydrogen) atoms. The molecule has 0 saturated carbocycles. The van der Waals surface area contributed by atoms with Gasteiger partial charge in [0.15, 0.2) is 5.75 Å². The summed E-state index contributed by atoms with van der Waals surface area (Å²) in [4.78, 5) is 31.8. The molecular formula is C29H34Cl2N6O3. The van der Waals surface area contributed by atoms with Crippen LogP contribution in [0.2, 0.25) is 10.0 Å². The van der Waals surface area contributed by atoms with Crippen LogP contribution >= 0.6 is 23.2 Å². The SMILES string of the molecule is CC(CCN1CCN(c2ncc(Oc3cc(CN4CCCC4)cc(-c4cc(Cl)cc(Cl)c4)n3)cn2)CC1)C(=O)O. The van der Waals surface area contributed by atoms with E-state index in [0.717, 1.165) is 69.2 Å². The maximum absolute atomic E-state index is 11.1. The quantitative estimate of drug-likeness (QED) is 0.333. The van der Waals surface area contributed by atoms with Crippen molar-refractivity contribution < 1.29 is 14.6 Å². The average molecular weight is 586 g/mol. The monoisotopic (exact) mass is 584 g/mol. The molecule has 2 aliphatic rings. The lowest BCUT2D eigenvalue weighted by Crippen LogP contribution is -2.47. The number of carbonyl (C=O) groups is 1. The zero-order valence-corrected chi connectivity index (χ0v) is 24.1. The zero-order chi connectivity index (χ0) is 28.1. The van der Waals surface area contributed by atoms with Crippen LogP contribution in [0.4, 0.5) is 5.95 Å². The van der Waals surface area contributed by atoms with E-state index in [1.807, 2.05) is 18.2 Å². The van der Waals surface area contributed by atoms with Gasteiger partial charge in [0, 0.05) is 54.4 Å². The van der Waals surface area contributed by atoms with Crippen molar-refractivity contribution in [2.45, 2.75) is 32.7 Å². The topological polar surface area (TPSA) is 94.9 Å². The van der Waals surface area contributed by atoms with Gasteiger partial charge in [0.05, 0.1) is 24.0 Å². The number of pyridine rings is 1. The molecule has 2 aliphatic heterocycles. The van der Waals surface area contributed by atoms with E-state index in [-0.39, 0.29) is 5.92 Å². The summed E-state index contributed by atoms with van der Waals surface area (Å²) in [6.07, 6.45) is 6.43. The number of likely N-dealkylation sites (tertiary alicyclic amines) is 1. The summed E-state index contributed by atoms with van der Waals surface area (Å²) in [5, 5.41) is 10.2. The third-order valence-corrected chi connectivity index (χ3v) is 7.85. The third-order valence-electron chi connectivity index (χ3n) is 7.42. The first kappa shape index (κ1) is 28.5. The minimum Gasteiger partial charge on any atom is -0.481 e. The van der Waals surface area contributed by atoms with Crippen LogP contribution in [0.5, 0.6) is 11.6 Å². The van der Waals surface area contributed by atoms with Crippen molar-refractivity contribution in [3.63, 3.8) is 0 Å². The Labute approximate surface area is 244 Å². The van der Waals surface area contributed by atoms with Crippen LogP contribution < -0.4 is 9.64 Å². The smallest absolute Gasteiger partial charge is 0.306 e. The molecule has 0 aliphatic carbocycles. The predicted molar refractivity (Wildman–Crippen MR) is 156 cm³/mol. The lowest BCUT2D eigenvalue weighted by molar-refractivity contribution is -0.141. The summed E-state index contributed by atoms with van der Waals surface area (Å²) in [6.45, 7) is 8.78. The van der Waals surface area contributed by atoms with Crippen LogP contribution in [0, 0.1) is 5.92 Å². The van der Waals surface area contributed by atoms with E-state index >= 15 is 0 Å². The van der Waals surface area contributed by atoms with Crippen molar-refractivity contribution in [3.05, 3.63) is 58.3 Å². The molecule has 212 valence electrons. The Balaban J connectivity index is 1.26. The second kappa shape index (κ2) is 13.1. The number of piperazine rings is 1. The van der Waals surface area contributed by atoms with Gasteiger partial charge in [-0.2, -0.15) is 0 Å². The highest BCUT2D eigenvalue weighted by molar-refractivity contribution is 6.35. The fourth-order valence-corrected chi connectivity index (χ4v) is 5.59. The first-order valence-corrected chi connectivity index (χ1v) is 14.5. The number of nitrogens with zero attached hydrogens (tertiary/aromatic N) is 6. The number of benzene rings is 1. The van der Waals surface area contributed by atoms with E-state index in [4.69, 9.17) is 38.0 Å². The molecule has 1 unspecified atom stereocenters. The van der Waals surface area contributed by atoms with Gasteiger partial charge in [-0.1, -0.05) is 30.1 Å². The third kappa shape index (κ3) is 7.60. The number of aliphatic carboxylic acids is 1. The van der Waals surface area contributed by atoms with Crippen molar-refractivity contribution in [2.24, 2.45) is 5.92 Å². The summed E-state index contributed by atoms with van der Waals surface area (Å²) in [6, 6.07) is 9.44. The van der Waals surface area contributed by atoms with Crippen LogP contribution in [-0.2, 0) is 11.3 Å². The Morgan fingerprint density at radius 3 is 2.27 bits per heavy atom. The van der Waals surface area contributed by atoms with E-state index in [0.29, 0.717) is 34.0 Å². The van der Waals surface area contributed by atoms with Gasteiger partial charge in [-0.15, -0.1) is 0 Å². The van der Waals surface area contributed by atoms with Crippen molar-refractivity contribution in [2.75, 3.05) is 50.7 Å². The molecule has 2 saturated heterocycles. The van der Waals surface area contributed by atoms with Crippen molar-refractivity contribution in [1.82, 2.24) is 24.8 Å². The predicted octanol–water partition coefficient (Wildman–Crippen LogP) is 5.47. The van der Waals surface area contributed by atoms with Crippen molar-refractivity contribution >= 4 is 35.1 Å². The number of anilines is 1. The largest absolute Gasteiger partial charge is 0.481 e. The number of halogens is 2. The molecule has 0 radical (unpaired) electrons. The number of carboxylic acid groups (broad SMARTS) is 1. The van der Waals surface area contributed by atoms with Gasteiger partial charge in [0.1, 0.15) is 0 Å². The van der Waals surface area contributed by atoms with Crippen LogP contribution in [0.15, 0.2) is 42.7 Å². The Morgan fingerprint density at radius 1 is 0.950 bits per heavy atom. The Morgan fingerprint density at radius 2 is 1.62 bits per heavy atom. The van der Waals surface area contributed by atoms with Gasteiger partial charge in [-0.3, -0.25) is 14.6 Å². The minimum absolute atomic E-state index is 0.330. The average Bonchev–Trinajstić information content (AvgIpc) is 3.45. The molecular weight excluding hydrogens is 551 g/mol.